The summed E-state index contributed by atoms with van der Waals surface area (Å²) in [6.07, 6.45) is 1.75. The van der Waals surface area contributed by atoms with E-state index in [0.717, 1.165) is 27.7 Å². The number of nitrogens with one attached hydrogen (secondary N) is 2. The van der Waals surface area contributed by atoms with Crippen molar-refractivity contribution in [3.8, 4) is 0 Å². The van der Waals surface area contributed by atoms with Gasteiger partial charge in [-0.25, -0.2) is 4.79 Å². The van der Waals surface area contributed by atoms with Gasteiger partial charge in [-0.3, -0.25) is 9.59 Å². The van der Waals surface area contributed by atoms with E-state index in [1.54, 1.807) is 30.3 Å². The molecule has 0 aliphatic carbocycles. The molecule has 184 valence electrons. The van der Waals surface area contributed by atoms with Crippen molar-refractivity contribution in [2.45, 2.75) is 18.5 Å². The van der Waals surface area contributed by atoms with Crippen molar-refractivity contribution in [2.75, 3.05) is 7.11 Å². The number of methoxy groups -OCH3 is 1. The number of amides is 1. The van der Waals surface area contributed by atoms with E-state index in [-0.39, 0.29) is 12.0 Å². The van der Waals surface area contributed by atoms with Gasteiger partial charge in [-0.15, -0.1) is 0 Å². The van der Waals surface area contributed by atoms with Crippen LogP contribution in [0.1, 0.15) is 33.2 Å². The lowest BCUT2D eigenvalue weighted by Gasteiger charge is -2.40. The molecule has 2 aromatic heterocycles. The highest BCUT2D eigenvalue weighted by Crippen LogP contribution is 2.42. The number of Topliss-reactive ketones (excluding diaryl/α,β-unsaturated/α-hetero) is 1. The molecule has 0 saturated carbocycles. The Morgan fingerprint density at radius 3 is 2.32 bits per heavy atom. The molecule has 6 rings (SSSR count). The fourth-order valence-electron chi connectivity index (χ4n) is 5.34. The van der Waals surface area contributed by atoms with E-state index in [9.17, 15) is 14.4 Å². The number of carbonyl (C=O) groups is 3. The summed E-state index contributed by atoms with van der Waals surface area (Å²) in [6, 6.07) is 20.4. The maximum Gasteiger partial charge on any atom is 0.328 e. The van der Waals surface area contributed by atoms with E-state index in [4.69, 9.17) is 16.3 Å². The molecule has 0 spiro atoms. The number of ketones is 1. The fraction of sp³-hybridized carbons (Fsp3) is 0.138. The summed E-state index contributed by atoms with van der Waals surface area (Å²) in [5.41, 5.74) is 4.26. The number of ether oxygens (including phenoxy) is 1. The van der Waals surface area contributed by atoms with E-state index in [0.29, 0.717) is 16.0 Å². The molecule has 1 amide bonds. The van der Waals surface area contributed by atoms with Gasteiger partial charge >= 0.3 is 5.97 Å². The number of halogens is 1. The lowest BCUT2D eigenvalue weighted by Crippen LogP contribution is -2.53. The molecule has 0 fully saturated rings. The summed E-state index contributed by atoms with van der Waals surface area (Å²) in [4.78, 5) is 48.8. The summed E-state index contributed by atoms with van der Waals surface area (Å²) in [5, 5.41) is 2.14. The Labute approximate surface area is 217 Å². The minimum absolute atomic E-state index is 0.211. The topological polar surface area (TPSA) is 95.3 Å². The first kappa shape index (κ1) is 23.1. The van der Waals surface area contributed by atoms with Crippen molar-refractivity contribution < 1.29 is 19.1 Å². The third-order valence-corrected chi connectivity index (χ3v) is 7.31. The SMILES string of the molecule is COC(=O)[C@@H]1Cc2c([nH]c3ccccc23)[C@@H](c2ccc(Cl)cc2)N1C(=O)C(=O)c1c[nH]c2ccccc12. The van der Waals surface area contributed by atoms with Crippen molar-refractivity contribution in [2.24, 2.45) is 0 Å². The van der Waals surface area contributed by atoms with Crippen LogP contribution in [-0.2, 0) is 20.7 Å². The van der Waals surface area contributed by atoms with E-state index in [1.807, 2.05) is 42.5 Å². The number of para-hydroxylation sites is 2. The normalized spacial score (nSPS) is 17.1. The Bertz CT molecular complexity index is 1680. The quantitative estimate of drug-likeness (QED) is 0.197. The molecule has 7 nitrogen and oxygen atoms in total. The predicted molar refractivity (Wildman–Crippen MR) is 141 cm³/mol. The van der Waals surface area contributed by atoms with Crippen LogP contribution >= 0.6 is 11.6 Å². The number of hydrogen-bond acceptors (Lipinski definition) is 4. The molecule has 1 aliphatic heterocycles. The maximum atomic E-state index is 14.1. The number of nitrogens with zero attached hydrogens (tertiary/aromatic N) is 1. The average Bonchev–Trinajstić information content (AvgIpc) is 3.53. The van der Waals surface area contributed by atoms with Gasteiger partial charge in [0, 0.05) is 45.1 Å². The van der Waals surface area contributed by atoms with E-state index >= 15 is 0 Å². The van der Waals surface area contributed by atoms with Gasteiger partial charge in [-0.05, 0) is 35.4 Å². The number of aromatic nitrogens is 2. The van der Waals surface area contributed by atoms with Crippen molar-refractivity contribution in [1.82, 2.24) is 14.9 Å². The number of benzene rings is 3. The number of carbonyl (C=O) groups excluding carboxylic acids is 3. The van der Waals surface area contributed by atoms with Gasteiger partial charge in [0.05, 0.1) is 18.7 Å². The summed E-state index contributed by atoms with van der Waals surface area (Å²) in [5.74, 6) is -2.08. The summed E-state index contributed by atoms with van der Waals surface area (Å²) < 4.78 is 5.14. The molecule has 0 unspecified atom stereocenters. The molecular formula is C29H22ClN3O4. The standard InChI is InChI=1S/C29H22ClN3O4/c1-37-29(36)24-14-20-18-6-3-5-9-23(18)32-25(20)26(16-10-12-17(30)13-11-16)33(24)28(35)27(34)21-15-31-22-8-4-2-7-19(21)22/h2-13,15,24,26,31-32H,14H2,1H3/t24-,26+/m0/s1. The van der Waals surface area contributed by atoms with Gasteiger partial charge in [-0.2, -0.15) is 0 Å². The molecule has 2 atom stereocenters. The first-order valence-electron chi connectivity index (χ1n) is 11.8. The van der Waals surface area contributed by atoms with Crippen LogP contribution in [-0.4, -0.2) is 45.7 Å². The lowest BCUT2D eigenvalue weighted by molar-refractivity contribution is -0.153. The molecule has 0 bridgehead atoms. The van der Waals surface area contributed by atoms with Gasteiger partial charge in [-0.1, -0.05) is 60.1 Å². The number of fused-ring (bicyclic) bond motifs is 4. The number of rotatable bonds is 4. The second-order valence-electron chi connectivity index (χ2n) is 9.05. The smallest absolute Gasteiger partial charge is 0.328 e. The lowest BCUT2D eigenvalue weighted by atomic mass is 9.87. The largest absolute Gasteiger partial charge is 0.467 e. The molecule has 0 saturated heterocycles. The molecule has 0 radical (unpaired) electrons. The van der Waals surface area contributed by atoms with Gasteiger partial charge in [0.2, 0.25) is 0 Å². The van der Waals surface area contributed by atoms with Crippen LogP contribution in [0.2, 0.25) is 5.02 Å². The van der Waals surface area contributed by atoms with E-state index in [2.05, 4.69) is 9.97 Å². The van der Waals surface area contributed by atoms with Crippen molar-refractivity contribution >= 4 is 51.1 Å². The second-order valence-corrected chi connectivity index (χ2v) is 9.49. The zero-order chi connectivity index (χ0) is 25.7. The zero-order valence-electron chi connectivity index (χ0n) is 19.8. The van der Waals surface area contributed by atoms with E-state index < -0.39 is 29.7 Å². The summed E-state index contributed by atoms with van der Waals surface area (Å²) in [7, 11) is 1.29. The van der Waals surface area contributed by atoms with Gasteiger partial charge < -0.3 is 19.6 Å². The first-order chi connectivity index (χ1) is 18.0. The molecule has 3 heterocycles. The van der Waals surface area contributed by atoms with Crippen LogP contribution in [0.5, 0.6) is 0 Å². The highest BCUT2D eigenvalue weighted by molar-refractivity contribution is 6.45. The zero-order valence-corrected chi connectivity index (χ0v) is 20.6. The Balaban J connectivity index is 1.55. The molecular weight excluding hydrogens is 490 g/mol. The number of hydrogen-bond donors (Lipinski definition) is 2. The van der Waals surface area contributed by atoms with Crippen LogP contribution in [0.4, 0.5) is 0 Å². The van der Waals surface area contributed by atoms with Crippen molar-refractivity contribution in [1.29, 1.82) is 0 Å². The average molecular weight is 512 g/mol. The van der Waals surface area contributed by atoms with Crippen LogP contribution < -0.4 is 0 Å². The Morgan fingerprint density at radius 1 is 0.919 bits per heavy atom. The highest BCUT2D eigenvalue weighted by Gasteiger charge is 2.46. The first-order valence-corrected chi connectivity index (χ1v) is 12.2. The monoisotopic (exact) mass is 511 g/mol. The van der Waals surface area contributed by atoms with Gasteiger partial charge in [0.1, 0.15) is 6.04 Å². The molecule has 1 aliphatic rings. The van der Waals surface area contributed by atoms with Gasteiger partial charge in [0.15, 0.2) is 0 Å². The van der Waals surface area contributed by atoms with Crippen molar-refractivity contribution in [3.05, 3.63) is 106 Å². The number of esters is 1. The third kappa shape index (κ3) is 3.70. The minimum Gasteiger partial charge on any atom is -0.467 e. The fourth-order valence-corrected chi connectivity index (χ4v) is 5.47. The minimum atomic E-state index is -1.00. The van der Waals surface area contributed by atoms with Crippen molar-refractivity contribution in [3.63, 3.8) is 0 Å². The van der Waals surface area contributed by atoms with Crippen LogP contribution in [0.3, 0.4) is 0 Å². The van der Waals surface area contributed by atoms with Crippen LogP contribution in [0.25, 0.3) is 21.8 Å². The maximum absolute atomic E-state index is 14.1. The number of H-pyrrole nitrogens is 2. The van der Waals surface area contributed by atoms with E-state index in [1.165, 1.54) is 18.2 Å². The summed E-state index contributed by atoms with van der Waals surface area (Å²) >= 11 is 6.17. The molecule has 2 N–H and O–H groups in total. The third-order valence-electron chi connectivity index (χ3n) is 7.05. The second kappa shape index (κ2) is 8.94. The number of aromatic amines is 2. The highest BCUT2D eigenvalue weighted by atomic mass is 35.5. The molecule has 8 heteroatoms. The van der Waals surface area contributed by atoms with Crippen LogP contribution in [0, 0.1) is 0 Å². The van der Waals surface area contributed by atoms with Gasteiger partial charge in [0.25, 0.3) is 11.7 Å². The molecule has 5 aromatic rings. The molecule has 3 aromatic carbocycles. The Morgan fingerprint density at radius 2 is 1.59 bits per heavy atom. The van der Waals surface area contributed by atoms with Crippen LogP contribution in [0.15, 0.2) is 79.0 Å². The Hall–Kier alpha value is -4.36. The molecule has 37 heavy (non-hydrogen) atoms. The predicted octanol–water partition coefficient (Wildman–Crippen LogP) is 5.20. The summed E-state index contributed by atoms with van der Waals surface area (Å²) in [6.45, 7) is 0. The Kier molecular flexibility index (Phi) is 5.57.